The van der Waals surface area contributed by atoms with Gasteiger partial charge in [-0.2, -0.15) is 5.21 Å². The fourth-order valence-corrected chi connectivity index (χ4v) is 1.60. The Morgan fingerprint density at radius 1 is 1.56 bits per heavy atom. The predicted octanol–water partition coefficient (Wildman–Crippen LogP) is 0.202. The summed E-state index contributed by atoms with van der Waals surface area (Å²) in [4.78, 5) is 11.8. The van der Waals surface area contributed by atoms with E-state index in [4.69, 9.17) is 5.73 Å². The molecular formula is C11H14N6O. The first-order chi connectivity index (χ1) is 8.65. The Labute approximate surface area is 104 Å². The van der Waals surface area contributed by atoms with Crippen molar-refractivity contribution in [1.82, 2.24) is 25.9 Å². The van der Waals surface area contributed by atoms with Crippen LogP contribution in [0.15, 0.2) is 24.3 Å². The average molecular weight is 246 g/mol. The number of nitrogens with two attached hydrogens (primary N) is 1. The first kappa shape index (κ1) is 12.0. The normalized spacial score (nSPS) is 12.1. The molecule has 0 aliphatic heterocycles. The molecule has 1 heterocycles. The quantitative estimate of drug-likeness (QED) is 0.668. The second-order valence-electron chi connectivity index (χ2n) is 3.98. The first-order valence-corrected chi connectivity index (χ1v) is 5.52. The summed E-state index contributed by atoms with van der Waals surface area (Å²) in [6, 6.07) is 6.95. The highest BCUT2D eigenvalue weighted by Gasteiger charge is 2.13. The third-order valence-corrected chi connectivity index (χ3v) is 2.44. The first-order valence-electron chi connectivity index (χ1n) is 5.52. The van der Waals surface area contributed by atoms with E-state index in [1.807, 2.05) is 12.1 Å². The van der Waals surface area contributed by atoms with E-state index in [2.05, 4.69) is 25.9 Å². The lowest BCUT2D eigenvalue weighted by Crippen LogP contribution is -2.28. The molecule has 1 unspecified atom stereocenters. The molecule has 0 bridgehead atoms. The maximum Gasteiger partial charge on any atom is 0.225 e. The van der Waals surface area contributed by atoms with E-state index in [1.54, 1.807) is 19.1 Å². The number of hydrogen-bond donors (Lipinski definition) is 3. The number of anilines is 1. The van der Waals surface area contributed by atoms with Gasteiger partial charge in [0.15, 0.2) is 5.82 Å². The lowest BCUT2D eigenvalue weighted by molar-refractivity contribution is -0.121. The number of nitrogen functional groups attached to an aromatic ring is 1. The number of nitrogens with zero attached hydrogens (tertiary/aromatic N) is 3. The molecule has 2 aromatic rings. The molecule has 1 atom stereocenters. The zero-order valence-electron chi connectivity index (χ0n) is 9.92. The molecule has 7 nitrogen and oxygen atoms in total. The molecule has 2 rings (SSSR count). The van der Waals surface area contributed by atoms with E-state index < -0.39 is 0 Å². The Balaban J connectivity index is 1.93. The summed E-state index contributed by atoms with van der Waals surface area (Å²) >= 11 is 0. The van der Waals surface area contributed by atoms with Crippen LogP contribution < -0.4 is 11.1 Å². The number of benzene rings is 1. The standard InChI is InChI=1S/C11H14N6O/c1-7(11-14-16-17-15-11)13-10(18)6-8-3-2-4-9(12)5-8/h2-5,7H,6,12H2,1H3,(H,13,18)(H,14,15,16,17). The van der Waals surface area contributed by atoms with Crippen molar-refractivity contribution in [2.45, 2.75) is 19.4 Å². The molecule has 0 radical (unpaired) electrons. The second kappa shape index (κ2) is 5.26. The van der Waals surface area contributed by atoms with Crippen molar-refractivity contribution in [2.75, 3.05) is 5.73 Å². The van der Waals surface area contributed by atoms with E-state index in [9.17, 15) is 4.79 Å². The number of amides is 1. The van der Waals surface area contributed by atoms with Crippen LogP contribution in [0.2, 0.25) is 0 Å². The number of carbonyl (C=O) groups excluding carboxylic acids is 1. The largest absolute Gasteiger partial charge is 0.399 e. The van der Waals surface area contributed by atoms with Crippen molar-refractivity contribution >= 4 is 11.6 Å². The van der Waals surface area contributed by atoms with Gasteiger partial charge >= 0.3 is 0 Å². The number of nitrogens with one attached hydrogen (secondary N) is 2. The maximum absolute atomic E-state index is 11.8. The highest BCUT2D eigenvalue weighted by atomic mass is 16.1. The molecule has 7 heteroatoms. The van der Waals surface area contributed by atoms with Crippen LogP contribution in [0.4, 0.5) is 5.69 Å². The number of hydrogen-bond acceptors (Lipinski definition) is 5. The van der Waals surface area contributed by atoms with E-state index in [-0.39, 0.29) is 18.4 Å². The minimum atomic E-state index is -0.280. The van der Waals surface area contributed by atoms with Crippen LogP contribution in [0.1, 0.15) is 24.4 Å². The minimum absolute atomic E-state index is 0.113. The fraction of sp³-hybridized carbons (Fsp3) is 0.273. The highest BCUT2D eigenvalue weighted by molar-refractivity contribution is 5.79. The van der Waals surface area contributed by atoms with Crippen LogP contribution in [-0.4, -0.2) is 26.5 Å². The monoisotopic (exact) mass is 246 g/mol. The molecule has 0 saturated carbocycles. The SMILES string of the molecule is CC(NC(=O)Cc1cccc(N)c1)c1nn[nH]n1. The second-order valence-corrected chi connectivity index (χ2v) is 3.98. The molecule has 0 aliphatic carbocycles. The van der Waals surface area contributed by atoms with Crippen LogP contribution in [-0.2, 0) is 11.2 Å². The summed E-state index contributed by atoms with van der Waals surface area (Å²) in [5.41, 5.74) is 7.16. The Bertz CT molecular complexity index is 524. The van der Waals surface area contributed by atoms with Crippen LogP contribution >= 0.6 is 0 Å². The van der Waals surface area contributed by atoms with Gasteiger partial charge in [0, 0.05) is 5.69 Å². The Morgan fingerprint density at radius 3 is 3.06 bits per heavy atom. The summed E-state index contributed by atoms with van der Waals surface area (Å²) in [5.74, 6) is 0.342. The van der Waals surface area contributed by atoms with Crippen molar-refractivity contribution in [3.8, 4) is 0 Å². The molecule has 1 amide bonds. The number of rotatable bonds is 4. The maximum atomic E-state index is 11.8. The molecule has 0 fully saturated rings. The van der Waals surface area contributed by atoms with Crippen LogP contribution in [0.5, 0.6) is 0 Å². The smallest absolute Gasteiger partial charge is 0.225 e. The Morgan fingerprint density at radius 2 is 2.39 bits per heavy atom. The minimum Gasteiger partial charge on any atom is -0.399 e. The predicted molar refractivity (Wildman–Crippen MR) is 65.3 cm³/mol. The summed E-state index contributed by atoms with van der Waals surface area (Å²) in [7, 11) is 0. The zero-order valence-corrected chi connectivity index (χ0v) is 9.92. The van der Waals surface area contributed by atoms with Crippen molar-refractivity contribution in [3.05, 3.63) is 35.7 Å². The molecule has 4 N–H and O–H groups in total. The Hall–Kier alpha value is -2.44. The fourth-order valence-electron chi connectivity index (χ4n) is 1.60. The zero-order chi connectivity index (χ0) is 13.0. The van der Waals surface area contributed by atoms with Gasteiger partial charge in [0.1, 0.15) is 0 Å². The van der Waals surface area contributed by atoms with Gasteiger partial charge in [0.2, 0.25) is 5.91 Å². The topological polar surface area (TPSA) is 110 Å². The average Bonchev–Trinajstić information content (AvgIpc) is 2.81. The van der Waals surface area contributed by atoms with Gasteiger partial charge in [-0.1, -0.05) is 17.3 Å². The van der Waals surface area contributed by atoms with Gasteiger partial charge < -0.3 is 11.1 Å². The van der Waals surface area contributed by atoms with Gasteiger partial charge in [-0.25, -0.2) is 0 Å². The van der Waals surface area contributed by atoms with E-state index in [0.717, 1.165) is 5.56 Å². The van der Waals surface area contributed by atoms with Crippen LogP contribution in [0.3, 0.4) is 0 Å². The van der Waals surface area contributed by atoms with E-state index in [0.29, 0.717) is 11.5 Å². The molecular weight excluding hydrogens is 232 g/mol. The van der Waals surface area contributed by atoms with Gasteiger partial charge in [0.05, 0.1) is 12.5 Å². The lowest BCUT2D eigenvalue weighted by Gasteiger charge is -2.10. The van der Waals surface area contributed by atoms with Crippen molar-refractivity contribution in [1.29, 1.82) is 0 Å². The van der Waals surface area contributed by atoms with Gasteiger partial charge in [0.25, 0.3) is 0 Å². The number of tetrazole rings is 1. The molecule has 0 spiro atoms. The highest BCUT2D eigenvalue weighted by Crippen LogP contribution is 2.08. The molecule has 0 saturated heterocycles. The van der Waals surface area contributed by atoms with Crippen molar-refractivity contribution < 1.29 is 4.79 Å². The van der Waals surface area contributed by atoms with Crippen molar-refractivity contribution in [3.63, 3.8) is 0 Å². The third-order valence-electron chi connectivity index (χ3n) is 2.44. The summed E-state index contributed by atoms with van der Waals surface area (Å²) in [6.45, 7) is 1.79. The van der Waals surface area contributed by atoms with E-state index >= 15 is 0 Å². The molecule has 1 aromatic carbocycles. The van der Waals surface area contributed by atoms with Gasteiger partial charge in [-0.05, 0) is 24.6 Å². The number of H-pyrrole nitrogens is 1. The van der Waals surface area contributed by atoms with Gasteiger partial charge in [-0.15, -0.1) is 10.2 Å². The van der Waals surface area contributed by atoms with E-state index in [1.165, 1.54) is 0 Å². The number of aromatic nitrogens is 4. The lowest BCUT2D eigenvalue weighted by atomic mass is 10.1. The molecule has 1 aromatic heterocycles. The molecule has 18 heavy (non-hydrogen) atoms. The van der Waals surface area contributed by atoms with Crippen molar-refractivity contribution in [2.24, 2.45) is 0 Å². The number of carbonyl (C=O) groups is 1. The number of aromatic amines is 1. The summed E-state index contributed by atoms with van der Waals surface area (Å²) < 4.78 is 0. The molecule has 94 valence electrons. The Kier molecular flexibility index (Phi) is 3.52. The third kappa shape index (κ3) is 3.03. The van der Waals surface area contributed by atoms with Crippen LogP contribution in [0.25, 0.3) is 0 Å². The van der Waals surface area contributed by atoms with Gasteiger partial charge in [-0.3, -0.25) is 4.79 Å². The van der Waals surface area contributed by atoms with Crippen LogP contribution in [0, 0.1) is 0 Å². The summed E-state index contributed by atoms with van der Waals surface area (Å²) in [5, 5.41) is 16.2. The molecule has 0 aliphatic rings. The summed E-state index contributed by atoms with van der Waals surface area (Å²) in [6.07, 6.45) is 0.271.